The van der Waals surface area contributed by atoms with Crippen molar-refractivity contribution in [2.45, 2.75) is 25.4 Å². The summed E-state index contributed by atoms with van der Waals surface area (Å²) < 4.78 is 7.27. The summed E-state index contributed by atoms with van der Waals surface area (Å²) >= 11 is 0. The van der Waals surface area contributed by atoms with Gasteiger partial charge in [0.2, 0.25) is 5.88 Å². The number of amides is 1. The molecule has 0 radical (unpaired) electrons. The van der Waals surface area contributed by atoms with Crippen molar-refractivity contribution in [1.29, 1.82) is 0 Å². The molecule has 1 aromatic heterocycles. The van der Waals surface area contributed by atoms with Crippen LogP contribution >= 0.6 is 0 Å². The van der Waals surface area contributed by atoms with E-state index < -0.39 is 0 Å². The number of carbonyl (C=O) groups is 1. The lowest BCUT2D eigenvalue weighted by Gasteiger charge is -2.24. The molecule has 1 amide bonds. The fourth-order valence-electron chi connectivity index (χ4n) is 3.89. The van der Waals surface area contributed by atoms with E-state index in [2.05, 4.69) is 15.5 Å². The molecule has 1 atom stereocenters. The molecule has 156 valence electrons. The summed E-state index contributed by atoms with van der Waals surface area (Å²) in [7, 11) is 3.58. The number of rotatable bonds is 7. The molecule has 7 nitrogen and oxygen atoms in total. The maximum absolute atomic E-state index is 12.1. The molecule has 2 aromatic carbocycles. The number of ether oxygens (including phenoxy) is 1. The third-order valence-corrected chi connectivity index (χ3v) is 5.34. The van der Waals surface area contributed by atoms with Gasteiger partial charge in [0.15, 0.2) is 5.75 Å². The molecule has 1 N–H and O–H groups in total. The normalized spacial score (nSPS) is 16.4. The number of hydroxylamine groups is 1. The molecule has 1 aliphatic heterocycles. The first-order chi connectivity index (χ1) is 14.6. The Hall–Kier alpha value is -3.32. The molecule has 1 fully saturated rings. The van der Waals surface area contributed by atoms with Gasteiger partial charge in [0.25, 0.3) is 5.91 Å². The summed E-state index contributed by atoms with van der Waals surface area (Å²) in [6.07, 6.45) is 4.29. The van der Waals surface area contributed by atoms with Gasteiger partial charge in [0, 0.05) is 31.4 Å². The van der Waals surface area contributed by atoms with Crippen LogP contribution in [0.15, 0.2) is 60.8 Å². The van der Waals surface area contributed by atoms with Crippen molar-refractivity contribution in [2.75, 3.05) is 13.7 Å². The van der Waals surface area contributed by atoms with Crippen LogP contribution < -0.4 is 15.1 Å². The minimum atomic E-state index is -0.273. The molecule has 1 aliphatic rings. The SMILES string of the molecule is COc1nn(C)cc1C1CCCN1Cc1ccc(ONC(=O)c2ccccc2)cc1. The Kier molecular flexibility index (Phi) is 5.99. The first-order valence-corrected chi connectivity index (χ1v) is 10.1. The number of methoxy groups -OCH3 is 1. The maximum Gasteiger partial charge on any atom is 0.283 e. The Labute approximate surface area is 176 Å². The second kappa shape index (κ2) is 9.00. The van der Waals surface area contributed by atoms with Crippen molar-refractivity contribution in [3.8, 4) is 11.6 Å². The molecule has 0 spiro atoms. The van der Waals surface area contributed by atoms with E-state index in [4.69, 9.17) is 9.57 Å². The number of hydrogen-bond acceptors (Lipinski definition) is 5. The molecule has 4 rings (SSSR count). The van der Waals surface area contributed by atoms with Gasteiger partial charge in [-0.2, -0.15) is 5.48 Å². The molecular formula is C23H26N4O3. The molecule has 1 unspecified atom stereocenters. The van der Waals surface area contributed by atoms with Crippen LogP contribution in [-0.2, 0) is 13.6 Å². The molecular weight excluding hydrogens is 380 g/mol. The lowest BCUT2D eigenvalue weighted by atomic mass is 10.1. The van der Waals surface area contributed by atoms with Gasteiger partial charge in [-0.05, 0) is 49.2 Å². The van der Waals surface area contributed by atoms with Crippen LogP contribution in [0.3, 0.4) is 0 Å². The third-order valence-electron chi connectivity index (χ3n) is 5.34. The minimum Gasteiger partial charge on any atom is -0.480 e. The van der Waals surface area contributed by atoms with Crippen molar-refractivity contribution in [1.82, 2.24) is 20.2 Å². The van der Waals surface area contributed by atoms with Crippen LogP contribution in [0.4, 0.5) is 0 Å². The van der Waals surface area contributed by atoms with Crippen molar-refractivity contribution in [3.63, 3.8) is 0 Å². The first-order valence-electron chi connectivity index (χ1n) is 10.1. The summed E-state index contributed by atoms with van der Waals surface area (Å²) in [6.45, 7) is 1.87. The summed E-state index contributed by atoms with van der Waals surface area (Å²) in [5, 5.41) is 4.40. The van der Waals surface area contributed by atoms with Crippen LogP contribution in [0.2, 0.25) is 0 Å². The smallest absolute Gasteiger partial charge is 0.283 e. The Morgan fingerprint density at radius 3 is 2.67 bits per heavy atom. The number of aromatic nitrogens is 2. The van der Waals surface area contributed by atoms with Crippen LogP contribution in [0.25, 0.3) is 0 Å². The number of benzene rings is 2. The summed E-state index contributed by atoms with van der Waals surface area (Å²) in [5.41, 5.74) is 5.36. The third kappa shape index (κ3) is 4.46. The summed E-state index contributed by atoms with van der Waals surface area (Å²) in [4.78, 5) is 20.0. The average molecular weight is 406 g/mol. The topological polar surface area (TPSA) is 68.6 Å². The van der Waals surface area contributed by atoms with Crippen LogP contribution in [0.5, 0.6) is 11.6 Å². The zero-order valence-corrected chi connectivity index (χ0v) is 17.2. The highest BCUT2D eigenvalue weighted by molar-refractivity contribution is 5.93. The van der Waals surface area contributed by atoms with E-state index in [0.717, 1.165) is 31.5 Å². The number of aryl methyl sites for hydroxylation is 1. The fourth-order valence-corrected chi connectivity index (χ4v) is 3.89. The fraction of sp³-hybridized carbons (Fsp3) is 0.304. The van der Waals surface area contributed by atoms with Crippen LogP contribution in [0.1, 0.15) is 40.4 Å². The van der Waals surface area contributed by atoms with Gasteiger partial charge in [0.1, 0.15) is 0 Å². The molecule has 2 heterocycles. The maximum atomic E-state index is 12.1. The minimum absolute atomic E-state index is 0.273. The van der Waals surface area contributed by atoms with Crippen molar-refractivity contribution < 1.29 is 14.4 Å². The second-order valence-electron chi connectivity index (χ2n) is 7.44. The molecule has 0 bridgehead atoms. The van der Waals surface area contributed by atoms with Crippen molar-refractivity contribution in [3.05, 3.63) is 77.5 Å². The van der Waals surface area contributed by atoms with Gasteiger partial charge in [-0.25, -0.2) is 0 Å². The van der Waals surface area contributed by atoms with Gasteiger partial charge >= 0.3 is 0 Å². The Morgan fingerprint density at radius 1 is 1.17 bits per heavy atom. The highest BCUT2D eigenvalue weighted by Gasteiger charge is 2.30. The van der Waals surface area contributed by atoms with Crippen LogP contribution in [0, 0.1) is 0 Å². The van der Waals surface area contributed by atoms with Crippen LogP contribution in [-0.4, -0.2) is 34.2 Å². The number of nitrogens with one attached hydrogen (secondary N) is 1. The highest BCUT2D eigenvalue weighted by atomic mass is 16.7. The summed E-state index contributed by atoms with van der Waals surface area (Å²) in [6, 6.07) is 17.1. The molecule has 0 aliphatic carbocycles. The quantitative estimate of drug-likeness (QED) is 0.609. The molecule has 7 heteroatoms. The average Bonchev–Trinajstić information content (AvgIpc) is 3.39. The monoisotopic (exact) mass is 406 g/mol. The van der Waals surface area contributed by atoms with Gasteiger partial charge in [-0.15, -0.1) is 5.10 Å². The van der Waals surface area contributed by atoms with E-state index in [1.807, 2.05) is 55.7 Å². The van der Waals surface area contributed by atoms with Gasteiger partial charge in [-0.1, -0.05) is 30.3 Å². The number of hydrogen-bond donors (Lipinski definition) is 1. The zero-order chi connectivity index (χ0) is 20.9. The van der Waals surface area contributed by atoms with E-state index in [0.29, 0.717) is 23.2 Å². The van der Waals surface area contributed by atoms with Gasteiger partial charge in [-0.3, -0.25) is 14.4 Å². The molecule has 3 aromatic rings. The molecule has 1 saturated heterocycles. The standard InChI is InChI=1S/C23H26N4O3/c1-26-16-20(23(24-26)29-2)21-9-6-14-27(21)15-17-10-12-19(13-11-17)30-25-22(28)18-7-4-3-5-8-18/h3-5,7-8,10-13,16,21H,6,9,14-15H2,1-2H3,(H,25,28). The van der Waals surface area contributed by atoms with Crippen molar-refractivity contribution in [2.24, 2.45) is 7.05 Å². The Bertz CT molecular complexity index is 985. The largest absolute Gasteiger partial charge is 0.480 e. The van der Waals surface area contributed by atoms with E-state index in [1.165, 1.54) is 5.56 Å². The van der Waals surface area contributed by atoms with Gasteiger partial charge < -0.3 is 9.57 Å². The van der Waals surface area contributed by atoms with E-state index in [-0.39, 0.29) is 5.91 Å². The lowest BCUT2D eigenvalue weighted by Crippen LogP contribution is -2.26. The second-order valence-corrected chi connectivity index (χ2v) is 7.44. The zero-order valence-electron chi connectivity index (χ0n) is 17.2. The number of carbonyl (C=O) groups excluding carboxylic acids is 1. The number of nitrogens with zero attached hydrogens (tertiary/aromatic N) is 3. The highest BCUT2D eigenvalue weighted by Crippen LogP contribution is 2.37. The Morgan fingerprint density at radius 2 is 1.93 bits per heavy atom. The van der Waals surface area contributed by atoms with Crippen molar-refractivity contribution >= 4 is 5.91 Å². The summed E-state index contributed by atoms with van der Waals surface area (Å²) in [5.74, 6) is 1.02. The first kappa shape index (κ1) is 20.0. The predicted octanol–water partition coefficient (Wildman–Crippen LogP) is 3.49. The Balaban J connectivity index is 1.36. The van der Waals surface area contributed by atoms with E-state index in [9.17, 15) is 4.79 Å². The van der Waals surface area contributed by atoms with E-state index >= 15 is 0 Å². The van der Waals surface area contributed by atoms with E-state index in [1.54, 1.807) is 23.9 Å². The van der Waals surface area contributed by atoms with Gasteiger partial charge in [0.05, 0.1) is 12.7 Å². The lowest BCUT2D eigenvalue weighted by molar-refractivity contribution is 0.0760. The molecule has 30 heavy (non-hydrogen) atoms. The number of likely N-dealkylation sites (tertiary alicyclic amines) is 1. The predicted molar refractivity (Wildman–Crippen MR) is 113 cm³/mol. The molecule has 0 saturated carbocycles.